The van der Waals surface area contributed by atoms with E-state index < -0.39 is 0 Å². The number of carbonyl (C=O) groups excluding carboxylic acids is 2. The van der Waals surface area contributed by atoms with Gasteiger partial charge in [0.1, 0.15) is 6.54 Å². The first kappa shape index (κ1) is 13.2. The van der Waals surface area contributed by atoms with Gasteiger partial charge >= 0.3 is 6.03 Å². The summed E-state index contributed by atoms with van der Waals surface area (Å²) in [4.78, 5) is 26.6. The van der Waals surface area contributed by atoms with Crippen LogP contribution in [0, 0.1) is 6.92 Å². The van der Waals surface area contributed by atoms with Crippen LogP contribution >= 0.6 is 0 Å². The predicted octanol–water partition coefficient (Wildman–Crippen LogP) is 0.883. The first-order valence-corrected chi connectivity index (χ1v) is 6.13. The van der Waals surface area contributed by atoms with Crippen LogP contribution in [0.5, 0.6) is 0 Å². The molecule has 1 aliphatic heterocycles. The molecule has 0 saturated carbocycles. The van der Waals surface area contributed by atoms with Crippen LogP contribution in [0.3, 0.4) is 0 Å². The molecule has 0 bridgehead atoms. The lowest BCUT2D eigenvalue weighted by Gasteiger charge is -2.16. The average molecular weight is 262 g/mol. The smallest absolute Gasteiger partial charge is 0.320 e. The molecule has 19 heavy (non-hydrogen) atoms. The number of nitrogen functional groups attached to an aromatic ring is 1. The fraction of sp³-hybridized carbons (Fsp3) is 0.385. The predicted molar refractivity (Wildman–Crippen MR) is 73.8 cm³/mol. The molecule has 1 fully saturated rings. The fourth-order valence-corrected chi connectivity index (χ4v) is 2.01. The maximum atomic E-state index is 11.9. The number of amides is 3. The number of urea groups is 1. The zero-order valence-electron chi connectivity index (χ0n) is 11.1. The molecule has 1 heterocycles. The van der Waals surface area contributed by atoms with Crippen molar-refractivity contribution in [2.75, 3.05) is 37.7 Å². The van der Waals surface area contributed by atoms with Crippen LogP contribution in [0.25, 0.3) is 0 Å². The number of likely N-dealkylation sites (N-methyl/N-ethyl adjacent to an activating group) is 1. The van der Waals surface area contributed by atoms with Gasteiger partial charge in [0.2, 0.25) is 5.91 Å². The number of benzene rings is 1. The van der Waals surface area contributed by atoms with E-state index in [2.05, 4.69) is 5.32 Å². The molecule has 1 aromatic carbocycles. The van der Waals surface area contributed by atoms with Crippen molar-refractivity contribution in [1.82, 2.24) is 9.80 Å². The van der Waals surface area contributed by atoms with E-state index >= 15 is 0 Å². The molecule has 1 saturated heterocycles. The van der Waals surface area contributed by atoms with Gasteiger partial charge in [0.15, 0.2) is 0 Å². The van der Waals surface area contributed by atoms with Crippen molar-refractivity contribution in [3.63, 3.8) is 0 Å². The summed E-state index contributed by atoms with van der Waals surface area (Å²) >= 11 is 0. The maximum absolute atomic E-state index is 11.9. The Hall–Kier alpha value is -2.24. The van der Waals surface area contributed by atoms with Gasteiger partial charge in [-0.15, -0.1) is 0 Å². The van der Waals surface area contributed by atoms with E-state index in [1.165, 1.54) is 4.90 Å². The van der Waals surface area contributed by atoms with Gasteiger partial charge in [-0.05, 0) is 24.6 Å². The fourth-order valence-electron chi connectivity index (χ4n) is 2.01. The van der Waals surface area contributed by atoms with Crippen molar-refractivity contribution in [2.24, 2.45) is 0 Å². The number of hydrogen-bond acceptors (Lipinski definition) is 3. The van der Waals surface area contributed by atoms with Gasteiger partial charge in [-0.2, -0.15) is 0 Å². The number of nitrogens with zero attached hydrogens (tertiary/aromatic N) is 2. The highest BCUT2D eigenvalue weighted by Crippen LogP contribution is 2.19. The molecule has 2 rings (SSSR count). The molecule has 0 radical (unpaired) electrons. The Bertz CT molecular complexity index is 515. The molecule has 6 heteroatoms. The van der Waals surface area contributed by atoms with Gasteiger partial charge in [0, 0.05) is 20.1 Å². The van der Waals surface area contributed by atoms with E-state index in [4.69, 9.17) is 5.73 Å². The molecule has 0 aromatic heterocycles. The third-order valence-corrected chi connectivity index (χ3v) is 3.12. The van der Waals surface area contributed by atoms with Crippen molar-refractivity contribution in [3.05, 3.63) is 23.8 Å². The van der Waals surface area contributed by atoms with E-state index in [0.29, 0.717) is 24.5 Å². The molecule has 1 aromatic rings. The number of hydrogen-bond donors (Lipinski definition) is 2. The van der Waals surface area contributed by atoms with E-state index in [1.807, 2.05) is 13.0 Å². The van der Waals surface area contributed by atoms with Gasteiger partial charge in [0.25, 0.3) is 0 Å². The first-order valence-electron chi connectivity index (χ1n) is 6.13. The molecule has 0 spiro atoms. The van der Waals surface area contributed by atoms with Crippen molar-refractivity contribution in [3.8, 4) is 0 Å². The zero-order valence-corrected chi connectivity index (χ0v) is 11.1. The van der Waals surface area contributed by atoms with E-state index in [1.54, 1.807) is 24.1 Å². The number of aryl methyl sites for hydroxylation is 1. The van der Waals surface area contributed by atoms with Gasteiger partial charge in [-0.1, -0.05) is 6.07 Å². The Morgan fingerprint density at radius 2 is 2.16 bits per heavy atom. The number of nitrogens with one attached hydrogen (secondary N) is 1. The Labute approximate surface area is 112 Å². The molecular weight excluding hydrogens is 244 g/mol. The third kappa shape index (κ3) is 2.96. The Balaban J connectivity index is 1.96. The lowest BCUT2D eigenvalue weighted by atomic mass is 10.2. The molecular formula is C13H18N4O2. The highest BCUT2D eigenvalue weighted by atomic mass is 16.2. The lowest BCUT2D eigenvalue weighted by molar-refractivity contribution is -0.116. The second-order valence-electron chi connectivity index (χ2n) is 4.76. The van der Waals surface area contributed by atoms with Crippen LogP contribution in [0.1, 0.15) is 5.56 Å². The van der Waals surface area contributed by atoms with Crippen LogP contribution in [0.15, 0.2) is 18.2 Å². The second-order valence-corrected chi connectivity index (χ2v) is 4.76. The molecule has 6 nitrogen and oxygen atoms in total. The van der Waals surface area contributed by atoms with Crippen LogP contribution in [0.2, 0.25) is 0 Å². The normalized spacial score (nSPS) is 14.9. The largest absolute Gasteiger partial charge is 0.397 e. The standard InChI is InChI=1S/C13H18N4O2/c1-9-3-4-11(10(14)7-9)15-12(18)8-17-6-5-16(2)13(17)19/h3-4,7H,5-6,8,14H2,1-2H3,(H,15,18). The van der Waals surface area contributed by atoms with Crippen molar-refractivity contribution >= 4 is 23.3 Å². The third-order valence-electron chi connectivity index (χ3n) is 3.12. The van der Waals surface area contributed by atoms with Crippen LogP contribution in [-0.2, 0) is 4.79 Å². The van der Waals surface area contributed by atoms with Crippen LogP contribution in [-0.4, -0.2) is 48.4 Å². The molecule has 0 aliphatic carbocycles. The second kappa shape index (κ2) is 5.17. The molecule has 0 atom stereocenters. The Morgan fingerprint density at radius 3 is 2.74 bits per heavy atom. The van der Waals surface area contributed by atoms with Crippen LogP contribution < -0.4 is 11.1 Å². The van der Waals surface area contributed by atoms with Crippen molar-refractivity contribution in [2.45, 2.75) is 6.92 Å². The summed E-state index contributed by atoms with van der Waals surface area (Å²) in [5.74, 6) is -0.237. The minimum absolute atomic E-state index is 0.0521. The Morgan fingerprint density at radius 1 is 1.42 bits per heavy atom. The molecule has 3 amide bonds. The highest BCUT2D eigenvalue weighted by Gasteiger charge is 2.26. The summed E-state index contributed by atoms with van der Waals surface area (Å²) in [6, 6.07) is 5.32. The Kier molecular flexibility index (Phi) is 3.59. The summed E-state index contributed by atoms with van der Waals surface area (Å²) < 4.78 is 0. The molecule has 0 unspecified atom stereocenters. The van der Waals surface area contributed by atoms with Gasteiger partial charge in [-0.3, -0.25) is 4.79 Å². The number of nitrogens with two attached hydrogens (primary N) is 1. The van der Waals surface area contributed by atoms with Gasteiger partial charge in [-0.25, -0.2) is 4.79 Å². The number of anilines is 2. The van der Waals surface area contributed by atoms with E-state index in [-0.39, 0.29) is 18.5 Å². The summed E-state index contributed by atoms with van der Waals surface area (Å²) in [7, 11) is 1.72. The molecule has 1 aliphatic rings. The molecule has 3 N–H and O–H groups in total. The monoisotopic (exact) mass is 262 g/mol. The van der Waals surface area contributed by atoms with Gasteiger partial charge < -0.3 is 20.9 Å². The average Bonchev–Trinajstić information content (AvgIpc) is 2.65. The van der Waals surface area contributed by atoms with E-state index in [9.17, 15) is 9.59 Å². The summed E-state index contributed by atoms with van der Waals surface area (Å²) in [6.45, 7) is 3.21. The quantitative estimate of drug-likeness (QED) is 0.794. The first-order chi connectivity index (χ1) is 8.97. The lowest BCUT2D eigenvalue weighted by Crippen LogP contribution is -2.36. The SMILES string of the molecule is Cc1ccc(NC(=O)CN2CCN(C)C2=O)c(N)c1. The highest BCUT2D eigenvalue weighted by molar-refractivity contribution is 5.97. The number of rotatable bonds is 3. The number of carbonyl (C=O) groups is 2. The maximum Gasteiger partial charge on any atom is 0.320 e. The van der Waals surface area contributed by atoms with Crippen LogP contribution in [0.4, 0.5) is 16.2 Å². The van der Waals surface area contributed by atoms with E-state index in [0.717, 1.165) is 5.56 Å². The topological polar surface area (TPSA) is 78.7 Å². The minimum atomic E-state index is -0.237. The zero-order chi connectivity index (χ0) is 14.0. The van der Waals surface area contributed by atoms with Crippen molar-refractivity contribution < 1.29 is 9.59 Å². The summed E-state index contributed by atoms with van der Waals surface area (Å²) in [6.07, 6.45) is 0. The van der Waals surface area contributed by atoms with Gasteiger partial charge in [0.05, 0.1) is 11.4 Å². The minimum Gasteiger partial charge on any atom is -0.397 e. The summed E-state index contributed by atoms with van der Waals surface area (Å²) in [5, 5.41) is 2.72. The summed E-state index contributed by atoms with van der Waals surface area (Å²) in [5.41, 5.74) is 7.96. The van der Waals surface area contributed by atoms with Crippen molar-refractivity contribution in [1.29, 1.82) is 0 Å². The molecule has 102 valence electrons.